The van der Waals surface area contributed by atoms with Gasteiger partial charge in [-0.2, -0.15) is 5.26 Å². The number of nitriles is 1. The average Bonchev–Trinajstić information content (AvgIpc) is 2.74. The normalized spacial score (nSPS) is 10.2. The second kappa shape index (κ2) is 9.25. The first-order valence-electron chi connectivity index (χ1n) is 8.69. The molecule has 6 heteroatoms. The van der Waals surface area contributed by atoms with Crippen LogP contribution in [0.4, 0.5) is 5.82 Å². The van der Waals surface area contributed by atoms with Crippen LogP contribution in [0.2, 0.25) is 0 Å². The van der Waals surface area contributed by atoms with Crippen LogP contribution in [-0.4, -0.2) is 19.2 Å². The highest BCUT2D eigenvalue weighted by Crippen LogP contribution is 2.24. The predicted octanol–water partition coefficient (Wildman–Crippen LogP) is 4.94. The molecule has 0 aliphatic carbocycles. The molecule has 0 radical (unpaired) electrons. The van der Waals surface area contributed by atoms with E-state index in [1.54, 1.807) is 26.5 Å². The van der Waals surface area contributed by atoms with Crippen molar-refractivity contribution in [2.45, 2.75) is 13.1 Å². The SMILES string of the molecule is COc1ccc(CN(Cc2ccc(OC)cc2)c2cc(C#N)c(Br)cn2)cc1. The molecule has 3 rings (SSSR count). The Balaban J connectivity index is 1.91. The van der Waals surface area contributed by atoms with Crippen molar-refractivity contribution in [3.8, 4) is 17.6 Å². The van der Waals surface area contributed by atoms with Gasteiger partial charge in [-0.05, 0) is 57.4 Å². The molecule has 142 valence electrons. The van der Waals surface area contributed by atoms with E-state index in [1.165, 1.54) is 0 Å². The van der Waals surface area contributed by atoms with Gasteiger partial charge in [0, 0.05) is 19.3 Å². The molecule has 28 heavy (non-hydrogen) atoms. The van der Waals surface area contributed by atoms with Gasteiger partial charge < -0.3 is 14.4 Å². The third kappa shape index (κ3) is 4.81. The molecule has 0 amide bonds. The van der Waals surface area contributed by atoms with E-state index < -0.39 is 0 Å². The van der Waals surface area contributed by atoms with E-state index in [1.807, 2.05) is 48.5 Å². The van der Waals surface area contributed by atoms with Crippen LogP contribution in [0, 0.1) is 11.3 Å². The summed E-state index contributed by atoms with van der Waals surface area (Å²) < 4.78 is 11.2. The number of aromatic nitrogens is 1. The Kier molecular flexibility index (Phi) is 6.51. The van der Waals surface area contributed by atoms with Crippen molar-refractivity contribution in [2.75, 3.05) is 19.1 Å². The fourth-order valence-corrected chi connectivity index (χ4v) is 3.11. The van der Waals surface area contributed by atoms with E-state index >= 15 is 0 Å². The zero-order chi connectivity index (χ0) is 19.9. The Morgan fingerprint density at radius 2 is 1.43 bits per heavy atom. The summed E-state index contributed by atoms with van der Waals surface area (Å²) >= 11 is 3.37. The number of halogens is 1. The van der Waals surface area contributed by atoms with Crippen LogP contribution in [0.15, 0.2) is 65.3 Å². The number of pyridine rings is 1. The van der Waals surface area contributed by atoms with E-state index in [9.17, 15) is 5.26 Å². The molecule has 1 aromatic heterocycles. The third-order valence-electron chi connectivity index (χ3n) is 4.35. The van der Waals surface area contributed by atoms with E-state index in [4.69, 9.17) is 9.47 Å². The highest BCUT2D eigenvalue weighted by molar-refractivity contribution is 9.10. The molecule has 1 heterocycles. The quantitative estimate of drug-likeness (QED) is 0.523. The molecule has 5 nitrogen and oxygen atoms in total. The van der Waals surface area contributed by atoms with Crippen LogP contribution in [0.25, 0.3) is 0 Å². The van der Waals surface area contributed by atoms with E-state index in [-0.39, 0.29) is 0 Å². The number of benzene rings is 2. The first-order valence-corrected chi connectivity index (χ1v) is 9.48. The molecule has 0 aliphatic heterocycles. The Morgan fingerprint density at radius 3 is 1.86 bits per heavy atom. The molecule has 0 atom stereocenters. The second-order valence-corrected chi connectivity index (χ2v) is 7.04. The van der Waals surface area contributed by atoms with Gasteiger partial charge in [0.15, 0.2) is 0 Å². The molecular formula is C22H20BrN3O2. The summed E-state index contributed by atoms with van der Waals surface area (Å²) in [5.41, 5.74) is 2.80. The maximum atomic E-state index is 9.37. The van der Waals surface area contributed by atoms with Crippen molar-refractivity contribution in [1.29, 1.82) is 5.26 Å². The fourth-order valence-electron chi connectivity index (χ4n) is 2.81. The van der Waals surface area contributed by atoms with Gasteiger partial charge in [-0.25, -0.2) is 4.98 Å². The maximum absolute atomic E-state index is 9.37. The first-order chi connectivity index (χ1) is 13.6. The highest BCUT2D eigenvalue weighted by Gasteiger charge is 2.13. The van der Waals surface area contributed by atoms with Gasteiger partial charge in [0.1, 0.15) is 23.4 Å². The second-order valence-electron chi connectivity index (χ2n) is 6.19. The number of methoxy groups -OCH3 is 2. The van der Waals surface area contributed by atoms with E-state index in [2.05, 4.69) is 31.9 Å². The Morgan fingerprint density at radius 1 is 0.929 bits per heavy atom. The summed E-state index contributed by atoms with van der Waals surface area (Å²) in [4.78, 5) is 6.66. The van der Waals surface area contributed by atoms with Crippen molar-refractivity contribution < 1.29 is 9.47 Å². The number of hydrogen-bond acceptors (Lipinski definition) is 5. The topological polar surface area (TPSA) is 58.4 Å². The molecule has 0 saturated heterocycles. The van der Waals surface area contributed by atoms with Gasteiger partial charge in [-0.1, -0.05) is 24.3 Å². The molecular weight excluding hydrogens is 418 g/mol. The molecule has 2 aromatic carbocycles. The highest BCUT2D eigenvalue weighted by atomic mass is 79.9. The minimum absolute atomic E-state index is 0.555. The van der Waals surface area contributed by atoms with Gasteiger partial charge in [0.2, 0.25) is 0 Å². The van der Waals surface area contributed by atoms with Crippen molar-refractivity contribution in [2.24, 2.45) is 0 Å². The molecule has 0 saturated carbocycles. The summed E-state index contributed by atoms with van der Waals surface area (Å²) in [6.45, 7) is 1.30. The summed E-state index contributed by atoms with van der Waals surface area (Å²) in [6.07, 6.45) is 1.67. The van der Waals surface area contributed by atoms with Gasteiger partial charge in [-0.3, -0.25) is 0 Å². The first kappa shape index (κ1) is 19.7. The molecule has 0 aliphatic rings. The predicted molar refractivity (Wildman–Crippen MR) is 113 cm³/mol. The zero-order valence-corrected chi connectivity index (χ0v) is 17.3. The smallest absolute Gasteiger partial charge is 0.130 e. The maximum Gasteiger partial charge on any atom is 0.130 e. The lowest BCUT2D eigenvalue weighted by Crippen LogP contribution is -2.23. The monoisotopic (exact) mass is 437 g/mol. The van der Waals surface area contributed by atoms with Crippen molar-refractivity contribution in [1.82, 2.24) is 4.98 Å². The molecule has 0 bridgehead atoms. The van der Waals surface area contributed by atoms with Crippen LogP contribution in [0.5, 0.6) is 11.5 Å². The van der Waals surface area contributed by atoms with Gasteiger partial charge in [0.25, 0.3) is 0 Å². The molecule has 0 N–H and O–H groups in total. The number of nitrogens with zero attached hydrogens (tertiary/aromatic N) is 3. The van der Waals surface area contributed by atoms with Crippen molar-refractivity contribution in [3.05, 3.63) is 82.0 Å². The molecule has 0 spiro atoms. The average molecular weight is 438 g/mol. The van der Waals surface area contributed by atoms with Crippen molar-refractivity contribution >= 4 is 21.7 Å². The minimum atomic E-state index is 0.555. The van der Waals surface area contributed by atoms with Crippen molar-refractivity contribution in [3.63, 3.8) is 0 Å². The number of rotatable bonds is 7. The Hall–Kier alpha value is -3.04. The lowest BCUT2D eigenvalue weighted by atomic mass is 10.1. The van der Waals surface area contributed by atoms with Gasteiger partial charge in [0.05, 0.1) is 24.3 Å². The number of anilines is 1. The van der Waals surface area contributed by atoms with Crippen LogP contribution in [0.3, 0.4) is 0 Å². The number of hydrogen-bond donors (Lipinski definition) is 0. The fraction of sp³-hybridized carbons (Fsp3) is 0.182. The van der Waals surface area contributed by atoms with Crippen LogP contribution in [0.1, 0.15) is 16.7 Å². The largest absolute Gasteiger partial charge is 0.497 e. The lowest BCUT2D eigenvalue weighted by Gasteiger charge is -2.24. The summed E-state index contributed by atoms with van der Waals surface area (Å²) in [7, 11) is 3.31. The Labute approximate surface area is 173 Å². The van der Waals surface area contributed by atoms with Crippen LogP contribution < -0.4 is 14.4 Å². The third-order valence-corrected chi connectivity index (χ3v) is 4.98. The van der Waals surface area contributed by atoms with Gasteiger partial charge >= 0.3 is 0 Å². The standard InChI is InChI=1S/C22H20BrN3O2/c1-27-19-7-3-16(4-8-19)14-26(15-17-5-9-20(28-2)10-6-17)22-11-18(12-24)21(23)13-25-22/h3-11,13H,14-15H2,1-2H3. The van der Waals surface area contributed by atoms with Crippen LogP contribution in [-0.2, 0) is 13.1 Å². The molecule has 0 unspecified atom stereocenters. The lowest BCUT2D eigenvalue weighted by molar-refractivity contribution is 0.414. The zero-order valence-electron chi connectivity index (χ0n) is 15.7. The van der Waals surface area contributed by atoms with E-state index in [0.29, 0.717) is 23.1 Å². The van der Waals surface area contributed by atoms with Crippen LogP contribution >= 0.6 is 15.9 Å². The summed E-state index contributed by atoms with van der Waals surface area (Å²) in [5, 5.41) is 9.37. The number of ether oxygens (including phenoxy) is 2. The molecule has 3 aromatic rings. The summed E-state index contributed by atoms with van der Waals surface area (Å²) in [5.74, 6) is 2.38. The summed E-state index contributed by atoms with van der Waals surface area (Å²) in [6, 6.07) is 19.9. The van der Waals surface area contributed by atoms with E-state index in [0.717, 1.165) is 28.4 Å². The molecule has 0 fully saturated rings. The Bertz CT molecular complexity index is 917. The minimum Gasteiger partial charge on any atom is -0.497 e. The van der Waals surface area contributed by atoms with Gasteiger partial charge in [-0.15, -0.1) is 0 Å².